The lowest BCUT2D eigenvalue weighted by Gasteiger charge is -2.06. The van der Waals surface area contributed by atoms with E-state index in [0.717, 1.165) is 36.1 Å². The maximum atomic E-state index is 12.3. The van der Waals surface area contributed by atoms with Gasteiger partial charge in [-0.25, -0.2) is 4.98 Å². The Hall–Kier alpha value is -3.23. The van der Waals surface area contributed by atoms with Gasteiger partial charge in [-0.3, -0.25) is 19.6 Å². The van der Waals surface area contributed by atoms with Crippen LogP contribution in [0.3, 0.4) is 0 Å². The molecule has 0 aliphatic carbocycles. The first-order chi connectivity index (χ1) is 12.9. The van der Waals surface area contributed by atoms with Crippen molar-refractivity contribution in [2.24, 2.45) is 0 Å². The number of nitro groups is 1. The summed E-state index contributed by atoms with van der Waals surface area (Å²) in [6, 6.07) is 5.47. The number of unbranched alkanes of at least 4 members (excludes halogenated alkanes) is 1. The third-order valence-electron chi connectivity index (χ3n) is 4.40. The lowest BCUT2D eigenvalue weighted by molar-refractivity contribution is -0.386. The van der Waals surface area contributed by atoms with E-state index in [-0.39, 0.29) is 18.1 Å². The van der Waals surface area contributed by atoms with Crippen LogP contribution in [0.5, 0.6) is 0 Å². The van der Waals surface area contributed by atoms with Crippen molar-refractivity contribution in [1.82, 2.24) is 19.7 Å². The van der Waals surface area contributed by atoms with Crippen molar-refractivity contribution < 1.29 is 9.72 Å². The standard InChI is InChI=1S/C18H22N6O3/c1-4-5-6-16-20-14-8-7-13(9-15(14)21-16)19-17(25)10-23-12(3)18(24(26)27)11(2)22-23/h7-9H,4-6,10H2,1-3H3,(H,19,25)(H,20,21). The van der Waals surface area contributed by atoms with Crippen molar-refractivity contribution in [3.63, 3.8) is 0 Å². The molecule has 0 spiro atoms. The number of anilines is 1. The number of imidazole rings is 1. The fourth-order valence-corrected chi connectivity index (χ4v) is 3.05. The number of nitrogens with one attached hydrogen (secondary N) is 2. The number of aromatic nitrogens is 4. The molecule has 2 aromatic heterocycles. The average Bonchev–Trinajstić information content (AvgIpc) is 3.12. The molecule has 0 fully saturated rings. The summed E-state index contributed by atoms with van der Waals surface area (Å²) in [5.74, 6) is 0.630. The van der Waals surface area contributed by atoms with Crippen LogP contribution in [0.4, 0.5) is 11.4 Å². The minimum absolute atomic E-state index is 0.0544. The van der Waals surface area contributed by atoms with Crippen molar-refractivity contribution in [3.8, 4) is 0 Å². The van der Waals surface area contributed by atoms with Crippen LogP contribution < -0.4 is 5.32 Å². The maximum Gasteiger partial charge on any atom is 0.312 e. The highest BCUT2D eigenvalue weighted by atomic mass is 16.6. The number of carbonyl (C=O) groups is 1. The minimum Gasteiger partial charge on any atom is -0.342 e. The van der Waals surface area contributed by atoms with Gasteiger partial charge in [0.25, 0.3) is 0 Å². The van der Waals surface area contributed by atoms with Gasteiger partial charge in [0, 0.05) is 12.1 Å². The number of rotatable bonds is 7. The molecule has 9 heteroatoms. The molecular weight excluding hydrogens is 348 g/mol. The Kier molecular flexibility index (Phi) is 5.20. The van der Waals surface area contributed by atoms with E-state index in [2.05, 4.69) is 27.3 Å². The lowest BCUT2D eigenvalue weighted by atomic mass is 10.2. The van der Waals surface area contributed by atoms with Crippen molar-refractivity contribution >= 4 is 28.3 Å². The summed E-state index contributed by atoms with van der Waals surface area (Å²) in [4.78, 5) is 30.7. The fourth-order valence-electron chi connectivity index (χ4n) is 3.05. The molecule has 0 saturated heterocycles. The van der Waals surface area contributed by atoms with Gasteiger partial charge < -0.3 is 10.3 Å². The molecular formula is C18H22N6O3. The molecule has 0 radical (unpaired) electrons. The van der Waals surface area contributed by atoms with Gasteiger partial charge in [-0.1, -0.05) is 13.3 Å². The highest BCUT2D eigenvalue weighted by Crippen LogP contribution is 2.22. The molecule has 0 unspecified atom stereocenters. The van der Waals surface area contributed by atoms with Crippen LogP contribution in [0.25, 0.3) is 11.0 Å². The fraction of sp³-hybridized carbons (Fsp3) is 0.389. The van der Waals surface area contributed by atoms with Gasteiger partial charge in [-0.2, -0.15) is 5.10 Å². The minimum atomic E-state index is -0.478. The van der Waals surface area contributed by atoms with Gasteiger partial charge in [0.1, 0.15) is 23.8 Å². The molecule has 0 atom stereocenters. The molecule has 142 valence electrons. The Morgan fingerprint density at radius 1 is 1.37 bits per heavy atom. The number of H-pyrrole nitrogens is 1. The number of aromatic amines is 1. The van der Waals surface area contributed by atoms with Crippen LogP contribution in [0.15, 0.2) is 18.2 Å². The molecule has 1 amide bonds. The summed E-state index contributed by atoms with van der Waals surface area (Å²) in [6.07, 6.45) is 3.06. The number of hydrogen-bond donors (Lipinski definition) is 2. The maximum absolute atomic E-state index is 12.3. The van der Waals surface area contributed by atoms with Gasteiger partial charge >= 0.3 is 5.69 Å². The number of nitrogens with zero attached hydrogens (tertiary/aromatic N) is 4. The van der Waals surface area contributed by atoms with E-state index in [1.807, 2.05) is 12.1 Å². The number of amides is 1. The average molecular weight is 370 g/mol. The van der Waals surface area contributed by atoms with E-state index in [1.165, 1.54) is 4.68 Å². The van der Waals surface area contributed by atoms with Crippen molar-refractivity contribution in [2.75, 3.05) is 5.32 Å². The molecule has 2 N–H and O–H groups in total. The molecule has 9 nitrogen and oxygen atoms in total. The Bertz CT molecular complexity index is 1000. The Balaban J connectivity index is 1.72. The zero-order chi connectivity index (χ0) is 19.6. The molecule has 1 aromatic carbocycles. The first-order valence-electron chi connectivity index (χ1n) is 8.86. The SMILES string of the molecule is CCCCc1nc2ccc(NC(=O)Cn3nc(C)c([N+](=O)[O-])c3C)cc2[nH]1. The Labute approximate surface area is 155 Å². The summed E-state index contributed by atoms with van der Waals surface area (Å²) >= 11 is 0. The second kappa shape index (κ2) is 7.56. The third kappa shape index (κ3) is 3.97. The summed E-state index contributed by atoms with van der Waals surface area (Å²) in [5.41, 5.74) is 2.95. The van der Waals surface area contributed by atoms with E-state index in [0.29, 0.717) is 17.1 Å². The quantitative estimate of drug-likeness (QED) is 0.489. The van der Waals surface area contributed by atoms with Crippen molar-refractivity contribution in [3.05, 3.63) is 45.5 Å². The van der Waals surface area contributed by atoms with Gasteiger partial charge in [0.2, 0.25) is 5.91 Å². The van der Waals surface area contributed by atoms with E-state index < -0.39 is 4.92 Å². The van der Waals surface area contributed by atoms with Gasteiger partial charge in [-0.15, -0.1) is 0 Å². The molecule has 2 heterocycles. The second-order valence-corrected chi connectivity index (χ2v) is 6.50. The van der Waals surface area contributed by atoms with Gasteiger partial charge in [0.15, 0.2) is 0 Å². The summed E-state index contributed by atoms with van der Waals surface area (Å²) in [5, 5.41) is 18.0. The molecule has 0 saturated carbocycles. The monoisotopic (exact) mass is 370 g/mol. The van der Waals surface area contributed by atoms with Crippen LogP contribution in [0.2, 0.25) is 0 Å². The number of aryl methyl sites for hydroxylation is 2. The zero-order valence-electron chi connectivity index (χ0n) is 15.6. The lowest BCUT2D eigenvalue weighted by Crippen LogP contribution is -2.20. The van der Waals surface area contributed by atoms with Crippen LogP contribution in [-0.2, 0) is 17.8 Å². The second-order valence-electron chi connectivity index (χ2n) is 6.50. The Morgan fingerprint density at radius 2 is 2.15 bits per heavy atom. The smallest absolute Gasteiger partial charge is 0.312 e. The number of hydrogen-bond acceptors (Lipinski definition) is 5. The van der Waals surface area contributed by atoms with Crippen LogP contribution in [0.1, 0.15) is 37.0 Å². The summed E-state index contributed by atoms with van der Waals surface area (Å²) in [6.45, 7) is 5.18. The molecule has 0 aliphatic rings. The normalized spacial score (nSPS) is 11.1. The highest BCUT2D eigenvalue weighted by molar-refractivity contribution is 5.93. The van der Waals surface area contributed by atoms with Crippen molar-refractivity contribution in [1.29, 1.82) is 0 Å². The summed E-state index contributed by atoms with van der Waals surface area (Å²) < 4.78 is 1.35. The van der Waals surface area contributed by atoms with E-state index in [4.69, 9.17) is 0 Å². The molecule has 0 aliphatic heterocycles. The number of benzene rings is 1. The molecule has 0 bridgehead atoms. The third-order valence-corrected chi connectivity index (χ3v) is 4.40. The van der Waals surface area contributed by atoms with Gasteiger partial charge in [-0.05, 0) is 38.5 Å². The molecule has 27 heavy (non-hydrogen) atoms. The van der Waals surface area contributed by atoms with Crippen LogP contribution in [-0.4, -0.2) is 30.6 Å². The van der Waals surface area contributed by atoms with E-state index >= 15 is 0 Å². The first-order valence-corrected chi connectivity index (χ1v) is 8.86. The predicted octanol–water partition coefficient (Wildman–Crippen LogP) is 3.27. The predicted molar refractivity (Wildman–Crippen MR) is 102 cm³/mol. The topological polar surface area (TPSA) is 119 Å². The molecule has 3 rings (SSSR count). The Morgan fingerprint density at radius 3 is 2.81 bits per heavy atom. The van der Waals surface area contributed by atoms with Crippen LogP contribution >= 0.6 is 0 Å². The first kappa shape index (κ1) is 18.6. The van der Waals surface area contributed by atoms with Crippen molar-refractivity contribution in [2.45, 2.75) is 46.6 Å². The zero-order valence-corrected chi connectivity index (χ0v) is 15.6. The van der Waals surface area contributed by atoms with Gasteiger partial charge in [0.05, 0.1) is 16.0 Å². The highest BCUT2D eigenvalue weighted by Gasteiger charge is 2.22. The number of carbonyl (C=O) groups excluding carboxylic acids is 1. The molecule has 3 aromatic rings. The largest absolute Gasteiger partial charge is 0.342 e. The van der Waals surface area contributed by atoms with E-state index in [1.54, 1.807) is 19.9 Å². The number of fused-ring (bicyclic) bond motifs is 1. The van der Waals surface area contributed by atoms with Crippen LogP contribution in [0, 0.1) is 24.0 Å². The van der Waals surface area contributed by atoms with E-state index in [9.17, 15) is 14.9 Å². The summed E-state index contributed by atoms with van der Waals surface area (Å²) in [7, 11) is 0.